The van der Waals surface area contributed by atoms with Crippen LogP contribution in [0.25, 0.3) is 5.69 Å². The van der Waals surface area contributed by atoms with Crippen molar-refractivity contribution < 1.29 is 9.18 Å². The van der Waals surface area contributed by atoms with Gasteiger partial charge in [-0.1, -0.05) is 0 Å². The van der Waals surface area contributed by atoms with E-state index in [1.165, 1.54) is 12.1 Å². The summed E-state index contributed by atoms with van der Waals surface area (Å²) in [5.74, 6) is -0.555. The summed E-state index contributed by atoms with van der Waals surface area (Å²) in [5, 5.41) is 7.32. The van der Waals surface area contributed by atoms with Crippen molar-refractivity contribution in [1.29, 1.82) is 0 Å². The number of nitrogens with zero attached hydrogens (tertiary/aromatic N) is 2. The van der Waals surface area contributed by atoms with Gasteiger partial charge < -0.3 is 5.32 Å². The number of halogens is 1. The molecule has 126 valence electrons. The standard InChI is InChI=1S/C15H18FN7O/c16-9-5-7-10(8-6-9)23-12-4-2-1-3-11(12)13(20-23)14(24)17-15-18-21-22-19-15/h5-8,15,18-19,21-22H,1-4H2,(H,17,24). The van der Waals surface area contributed by atoms with Crippen molar-refractivity contribution in [3.05, 3.63) is 47.0 Å². The quantitative estimate of drug-likeness (QED) is 0.544. The Labute approximate surface area is 137 Å². The van der Waals surface area contributed by atoms with Crippen molar-refractivity contribution in [2.24, 2.45) is 0 Å². The Hall–Kier alpha value is -2.33. The fourth-order valence-corrected chi connectivity index (χ4v) is 3.10. The van der Waals surface area contributed by atoms with Gasteiger partial charge in [-0.2, -0.15) is 16.2 Å². The molecular formula is C15H18FN7O. The van der Waals surface area contributed by atoms with Gasteiger partial charge in [0, 0.05) is 11.3 Å². The molecule has 0 saturated carbocycles. The maximum absolute atomic E-state index is 13.2. The number of rotatable bonds is 3. The summed E-state index contributed by atoms with van der Waals surface area (Å²) in [7, 11) is 0. The van der Waals surface area contributed by atoms with Crippen LogP contribution < -0.4 is 27.2 Å². The van der Waals surface area contributed by atoms with E-state index in [-0.39, 0.29) is 11.7 Å². The molecule has 24 heavy (non-hydrogen) atoms. The van der Waals surface area contributed by atoms with Crippen LogP contribution in [0.15, 0.2) is 24.3 Å². The van der Waals surface area contributed by atoms with Crippen molar-refractivity contribution in [1.82, 2.24) is 37.0 Å². The molecule has 0 unspecified atom stereocenters. The minimum atomic E-state index is -0.437. The Bertz CT molecular complexity index is 752. The molecule has 0 spiro atoms. The Morgan fingerprint density at radius 2 is 1.88 bits per heavy atom. The topological polar surface area (TPSA) is 95.0 Å². The van der Waals surface area contributed by atoms with Gasteiger partial charge in [-0.3, -0.25) is 4.79 Å². The van der Waals surface area contributed by atoms with Gasteiger partial charge in [0.2, 0.25) is 0 Å². The molecule has 1 aromatic carbocycles. The molecule has 1 saturated heterocycles. The van der Waals surface area contributed by atoms with E-state index in [0.717, 1.165) is 42.6 Å². The maximum atomic E-state index is 13.2. The number of hydrazine groups is 3. The van der Waals surface area contributed by atoms with Crippen LogP contribution in [0.3, 0.4) is 0 Å². The largest absolute Gasteiger partial charge is 0.321 e. The Morgan fingerprint density at radius 3 is 2.62 bits per heavy atom. The number of benzene rings is 1. The molecule has 2 heterocycles. The summed E-state index contributed by atoms with van der Waals surface area (Å²) in [6.07, 6.45) is 3.33. The molecule has 1 aromatic heterocycles. The second kappa shape index (κ2) is 6.29. The fraction of sp³-hybridized carbons (Fsp3) is 0.333. The highest BCUT2D eigenvalue weighted by atomic mass is 19.1. The van der Waals surface area contributed by atoms with Crippen LogP contribution >= 0.6 is 0 Å². The average Bonchev–Trinajstić information content (AvgIpc) is 3.23. The SMILES string of the molecule is O=C(NC1NNNN1)c1nn(-c2ccc(F)cc2)c2c1CCCC2. The van der Waals surface area contributed by atoms with Gasteiger partial charge >= 0.3 is 0 Å². The van der Waals surface area contributed by atoms with Crippen LogP contribution in [0.4, 0.5) is 4.39 Å². The number of carbonyl (C=O) groups excluding carboxylic acids is 1. The first-order valence-electron chi connectivity index (χ1n) is 7.91. The normalized spacial score (nSPS) is 17.7. The number of carbonyl (C=O) groups is 1. The first kappa shape index (κ1) is 15.2. The Morgan fingerprint density at radius 1 is 1.17 bits per heavy atom. The van der Waals surface area contributed by atoms with Crippen molar-refractivity contribution in [2.75, 3.05) is 0 Å². The van der Waals surface area contributed by atoms with E-state index in [0.29, 0.717) is 5.69 Å². The molecule has 1 aliphatic heterocycles. The number of hydrogen-bond acceptors (Lipinski definition) is 6. The van der Waals surface area contributed by atoms with E-state index in [1.54, 1.807) is 16.8 Å². The van der Waals surface area contributed by atoms with Crippen LogP contribution in [0, 0.1) is 5.82 Å². The van der Waals surface area contributed by atoms with Gasteiger partial charge in [0.05, 0.1) is 5.69 Å². The van der Waals surface area contributed by atoms with E-state index in [4.69, 9.17) is 0 Å². The zero-order valence-electron chi connectivity index (χ0n) is 12.9. The highest BCUT2D eigenvalue weighted by Gasteiger charge is 2.27. The maximum Gasteiger partial charge on any atom is 0.274 e. The van der Waals surface area contributed by atoms with E-state index in [9.17, 15) is 9.18 Å². The average molecular weight is 331 g/mol. The first-order chi connectivity index (χ1) is 11.7. The molecule has 1 aliphatic carbocycles. The highest BCUT2D eigenvalue weighted by Crippen LogP contribution is 2.27. The first-order valence-corrected chi connectivity index (χ1v) is 7.91. The van der Waals surface area contributed by atoms with Crippen LogP contribution in [-0.4, -0.2) is 22.0 Å². The number of hydrogen-bond donors (Lipinski definition) is 5. The van der Waals surface area contributed by atoms with Crippen LogP contribution in [0.5, 0.6) is 0 Å². The van der Waals surface area contributed by atoms with Crippen molar-refractivity contribution in [3.8, 4) is 5.69 Å². The van der Waals surface area contributed by atoms with E-state index < -0.39 is 6.29 Å². The molecule has 5 N–H and O–H groups in total. The summed E-state index contributed by atoms with van der Waals surface area (Å²) in [5.41, 5.74) is 14.1. The van der Waals surface area contributed by atoms with Crippen LogP contribution in [0.1, 0.15) is 34.6 Å². The summed E-state index contributed by atoms with van der Waals surface area (Å²) in [6, 6.07) is 6.14. The lowest BCUT2D eigenvalue weighted by Gasteiger charge is -2.14. The minimum absolute atomic E-state index is 0.260. The molecule has 1 fully saturated rings. The van der Waals surface area contributed by atoms with Gasteiger partial charge in [0.25, 0.3) is 5.91 Å². The summed E-state index contributed by atoms with van der Waals surface area (Å²) >= 11 is 0. The highest BCUT2D eigenvalue weighted by molar-refractivity contribution is 5.94. The van der Waals surface area contributed by atoms with Crippen molar-refractivity contribution in [2.45, 2.75) is 32.0 Å². The molecule has 0 radical (unpaired) electrons. The van der Waals surface area contributed by atoms with E-state index in [2.05, 4.69) is 32.3 Å². The van der Waals surface area contributed by atoms with Gasteiger partial charge in [-0.15, -0.1) is 0 Å². The zero-order valence-corrected chi connectivity index (χ0v) is 12.9. The second-order valence-electron chi connectivity index (χ2n) is 5.81. The molecule has 0 bridgehead atoms. The summed E-state index contributed by atoms with van der Waals surface area (Å²) in [4.78, 5) is 12.6. The second-order valence-corrected chi connectivity index (χ2v) is 5.81. The van der Waals surface area contributed by atoms with Gasteiger partial charge in [0.15, 0.2) is 12.0 Å². The lowest BCUT2D eigenvalue weighted by Crippen LogP contribution is -2.50. The fourth-order valence-electron chi connectivity index (χ4n) is 3.10. The van der Waals surface area contributed by atoms with Gasteiger partial charge in [-0.05, 0) is 49.9 Å². The van der Waals surface area contributed by atoms with Gasteiger partial charge in [-0.25, -0.2) is 19.9 Å². The smallest absolute Gasteiger partial charge is 0.274 e. The molecule has 0 atom stereocenters. The number of fused-ring (bicyclic) bond motifs is 1. The van der Waals surface area contributed by atoms with Crippen molar-refractivity contribution in [3.63, 3.8) is 0 Å². The number of nitrogens with one attached hydrogen (secondary N) is 5. The monoisotopic (exact) mass is 331 g/mol. The third-order valence-corrected chi connectivity index (χ3v) is 4.24. The predicted octanol–water partition coefficient (Wildman–Crippen LogP) is 0.0206. The number of aromatic nitrogens is 2. The minimum Gasteiger partial charge on any atom is -0.321 e. The third kappa shape index (κ3) is 2.78. The molecule has 2 aliphatic rings. The van der Waals surface area contributed by atoms with Crippen molar-refractivity contribution >= 4 is 5.91 Å². The van der Waals surface area contributed by atoms with E-state index >= 15 is 0 Å². The van der Waals surface area contributed by atoms with Gasteiger partial charge in [0.1, 0.15) is 5.82 Å². The molecule has 4 rings (SSSR count). The summed E-state index contributed by atoms with van der Waals surface area (Å²) < 4.78 is 14.9. The lowest BCUT2D eigenvalue weighted by atomic mass is 9.95. The lowest BCUT2D eigenvalue weighted by molar-refractivity contribution is 0.0920. The molecule has 9 heteroatoms. The molecule has 8 nitrogen and oxygen atoms in total. The Kier molecular flexibility index (Phi) is 3.98. The molecular weight excluding hydrogens is 313 g/mol. The van der Waals surface area contributed by atoms with Crippen LogP contribution in [0.2, 0.25) is 0 Å². The molecule has 2 aromatic rings. The van der Waals surface area contributed by atoms with E-state index in [1.807, 2.05) is 0 Å². The summed E-state index contributed by atoms with van der Waals surface area (Å²) in [6.45, 7) is 0. The number of amides is 1. The zero-order chi connectivity index (χ0) is 16.5. The molecule has 1 amide bonds. The third-order valence-electron chi connectivity index (χ3n) is 4.24. The predicted molar refractivity (Wildman–Crippen MR) is 84.0 cm³/mol. The Balaban J connectivity index is 1.69. The van der Waals surface area contributed by atoms with Crippen LogP contribution in [-0.2, 0) is 12.8 Å².